The second kappa shape index (κ2) is 7.68. The summed E-state index contributed by atoms with van der Waals surface area (Å²) in [6, 6.07) is 0. The van der Waals surface area contributed by atoms with Gasteiger partial charge in [0.25, 0.3) is 0 Å². The van der Waals surface area contributed by atoms with Gasteiger partial charge in [0.2, 0.25) is 0 Å². The fourth-order valence-corrected chi connectivity index (χ4v) is 11.3. The molecule has 0 aromatic heterocycles. The first-order chi connectivity index (χ1) is 15.9. The molecule has 0 aromatic carbocycles. The molecular formula is C30H52O5. The lowest BCUT2D eigenvalue weighted by molar-refractivity contribution is -0.275. The largest absolute Gasteiger partial charge is 0.393 e. The third-order valence-corrected chi connectivity index (χ3v) is 13.1. The molecule has 35 heavy (non-hydrogen) atoms. The van der Waals surface area contributed by atoms with Crippen LogP contribution in [-0.4, -0.2) is 56.0 Å². The van der Waals surface area contributed by atoms with Crippen molar-refractivity contribution in [3.8, 4) is 0 Å². The van der Waals surface area contributed by atoms with Crippen molar-refractivity contribution in [2.24, 2.45) is 45.3 Å². The van der Waals surface area contributed by atoms with Crippen molar-refractivity contribution in [2.75, 3.05) is 0 Å². The van der Waals surface area contributed by atoms with Gasteiger partial charge in [0.15, 0.2) is 0 Å². The summed E-state index contributed by atoms with van der Waals surface area (Å²) in [6.07, 6.45) is 5.61. The van der Waals surface area contributed by atoms with Gasteiger partial charge in [-0.1, -0.05) is 34.6 Å². The van der Waals surface area contributed by atoms with Crippen molar-refractivity contribution in [3.63, 3.8) is 0 Å². The van der Waals surface area contributed by atoms with Crippen molar-refractivity contribution >= 4 is 0 Å². The second-order valence-electron chi connectivity index (χ2n) is 15.6. The Morgan fingerprint density at radius 1 is 0.800 bits per heavy atom. The SMILES string of the molecule is CC(C)(O)[C@@H]1CC[C@@](C)(C2CC[C@]3(C)C2[C@H](O)CC2[C@@]4(C)CC[C@H](O)C(C)(C)C4[C@H](O)C[C@]23C)O1. The molecule has 12 atom stereocenters. The maximum absolute atomic E-state index is 11.9. The Bertz CT molecular complexity index is 850. The van der Waals surface area contributed by atoms with Crippen LogP contribution in [0.15, 0.2) is 0 Å². The van der Waals surface area contributed by atoms with Gasteiger partial charge in [-0.05, 0) is 117 Å². The van der Waals surface area contributed by atoms with E-state index in [1.807, 2.05) is 13.8 Å². The van der Waals surface area contributed by atoms with E-state index in [0.717, 1.165) is 51.4 Å². The number of rotatable bonds is 2. The summed E-state index contributed by atoms with van der Waals surface area (Å²) in [7, 11) is 0. The molecule has 0 bridgehead atoms. The van der Waals surface area contributed by atoms with Gasteiger partial charge >= 0.3 is 0 Å². The van der Waals surface area contributed by atoms with E-state index >= 15 is 0 Å². The van der Waals surface area contributed by atoms with Gasteiger partial charge in [-0.2, -0.15) is 0 Å². The normalized spacial score (nSPS) is 57.9. The highest BCUT2D eigenvalue weighted by Crippen LogP contribution is 2.76. The highest BCUT2D eigenvalue weighted by molar-refractivity contribution is 5.22. The third kappa shape index (κ3) is 3.36. The van der Waals surface area contributed by atoms with Gasteiger partial charge in [-0.25, -0.2) is 0 Å². The van der Waals surface area contributed by atoms with Crippen LogP contribution in [0.25, 0.3) is 0 Å². The van der Waals surface area contributed by atoms with E-state index in [1.165, 1.54) is 0 Å². The number of fused-ring (bicyclic) bond motifs is 5. The molecule has 4 unspecified atom stereocenters. The highest BCUT2D eigenvalue weighted by Gasteiger charge is 2.73. The lowest BCUT2D eigenvalue weighted by atomic mass is 9.34. The topological polar surface area (TPSA) is 90.2 Å². The van der Waals surface area contributed by atoms with Crippen LogP contribution in [0.5, 0.6) is 0 Å². The molecule has 5 fully saturated rings. The van der Waals surface area contributed by atoms with E-state index < -0.39 is 23.9 Å². The zero-order chi connectivity index (χ0) is 26.0. The Hall–Kier alpha value is -0.200. The quantitative estimate of drug-likeness (QED) is 0.449. The van der Waals surface area contributed by atoms with Crippen LogP contribution in [-0.2, 0) is 4.74 Å². The molecule has 5 aliphatic rings. The molecule has 5 nitrogen and oxygen atoms in total. The number of hydrogen-bond donors (Lipinski definition) is 4. The first kappa shape index (κ1) is 26.4. The molecule has 1 heterocycles. The Balaban J connectivity index is 1.51. The van der Waals surface area contributed by atoms with Crippen LogP contribution >= 0.6 is 0 Å². The van der Waals surface area contributed by atoms with E-state index in [0.29, 0.717) is 5.92 Å². The van der Waals surface area contributed by atoms with Crippen molar-refractivity contribution in [1.29, 1.82) is 0 Å². The number of hydrogen-bond acceptors (Lipinski definition) is 5. The van der Waals surface area contributed by atoms with Crippen LogP contribution in [0.1, 0.15) is 107 Å². The predicted octanol–water partition coefficient (Wildman–Crippen LogP) is 4.68. The maximum Gasteiger partial charge on any atom is 0.0865 e. The van der Waals surface area contributed by atoms with Crippen LogP contribution in [0.2, 0.25) is 0 Å². The minimum Gasteiger partial charge on any atom is -0.393 e. The van der Waals surface area contributed by atoms with Gasteiger partial charge < -0.3 is 25.2 Å². The lowest BCUT2D eigenvalue weighted by Gasteiger charge is -2.71. The smallest absolute Gasteiger partial charge is 0.0865 e. The minimum absolute atomic E-state index is 0.0320. The summed E-state index contributed by atoms with van der Waals surface area (Å²) < 4.78 is 6.64. The summed E-state index contributed by atoms with van der Waals surface area (Å²) in [6.45, 7) is 17.3. The van der Waals surface area contributed by atoms with Gasteiger partial charge in [0, 0.05) is 0 Å². The van der Waals surface area contributed by atoms with E-state index in [-0.39, 0.29) is 51.1 Å². The van der Waals surface area contributed by atoms with Crippen molar-refractivity contribution in [2.45, 2.75) is 142 Å². The Kier molecular flexibility index (Phi) is 5.80. The average Bonchev–Trinajstić information content (AvgIpc) is 3.30. The van der Waals surface area contributed by atoms with E-state index in [1.54, 1.807) is 0 Å². The molecule has 4 aliphatic carbocycles. The first-order valence-electron chi connectivity index (χ1n) is 14.4. The molecule has 0 radical (unpaired) electrons. The number of aliphatic hydroxyl groups excluding tert-OH is 3. The zero-order valence-corrected chi connectivity index (χ0v) is 23.5. The number of ether oxygens (including phenoxy) is 1. The van der Waals surface area contributed by atoms with E-state index in [4.69, 9.17) is 4.74 Å². The predicted molar refractivity (Wildman–Crippen MR) is 137 cm³/mol. The van der Waals surface area contributed by atoms with E-state index in [9.17, 15) is 20.4 Å². The molecule has 0 amide bonds. The molecule has 4 saturated carbocycles. The molecule has 202 valence electrons. The molecule has 4 N–H and O–H groups in total. The Morgan fingerprint density at radius 2 is 1.46 bits per heavy atom. The number of aliphatic hydroxyl groups is 4. The molecule has 1 saturated heterocycles. The van der Waals surface area contributed by atoms with Gasteiger partial charge in [0.05, 0.1) is 35.6 Å². The summed E-state index contributed by atoms with van der Waals surface area (Å²) in [5, 5.41) is 45.2. The minimum atomic E-state index is -0.864. The fraction of sp³-hybridized carbons (Fsp3) is 1.00. The summed E-state index contributed by atoms with van der Waals surface area (Å²) in [4.78, 5) is 0. The van der Waals surface area contributed by atoms with Crippen molar-refractivity contribution < 1.29 is 25.2 Å². The molecule has 1 aliphatic heterocycles. The summed E-state index contributed by atoms with van der Waals surface area (Å²) >= 11 is 0. The molecule has 5 heteroatoms. The van der Waals surface area contributed by atoms with Crippen LogP contribution < -0.4 is 0 Å². The Labute approximate surface area is 213 Å². The fourth-order valence-electron chi connectivity index (χ4n) is 11.3. The van der Waals surface area contributed by atoms with Crippen LogP contribution in [0.4, 0.5) is 0 Å². The van der Waals surface area contributed by atoms with Crippen molar-refractivity contribution in [1.82, 2.24) is 0 Å². The zero-order valence-electron chi connectivity index (χ0n) is 23.5. The van der Waals surface area contributed by atoms with Crippen molar-refractivity contribution in [3.05, 3.63) is 0 Å². The monoisotopic (exact) mass is 492 g/mol. The van der Waals surface area contributed by atoms with Crippen LogP contribution in [0.3, 0.4) is 0 Å². The average molecular weight is 493 g/mol. The molecule has 0 aromatic rings. The standard InChI is InChI=1S/C30H52O5/c1-25(2)21(33)10-12-27(5)20-15-18(31)23-17(30(8)14-11-22(35-30)26(3,4)34)9-13-28(23,6)29(20,7)16-19(32)24(25)27/h17-24,31-34H,9-16H2,1-8H3/t17?,18-,19-,20?,21+,22+,23?,24?,27-,28-,29-,30+/m1/s1. The lowest BCUT2D eigenvalue weighted by Crippen LogP contribution is -2.69. The molecular weight excluding hydrogens is 440 g/mol. The van der Waals surface area contributed by atoms with Crippen LogP contribution in [0, 0.1) is 45.3 Å². The first-order valence-corrected chi connectivity index (χ1v) is 14.4. The summed E-state index contributed by atoms with van der Waals surface area (Å²) in [5.74, 6) is 0.722. The molecule has 5 rings (SSSR count). The maximum atomic E-state index is 11.9. The second-order valence-corrected chi connectivity index (χ2v) is 15.6. The van der Waals surface area contributed by atoms with Gasteiger partial charge in [0.1, 0.15) is 0 Å². The third-order valence-electron chi connectivity index (χ3n) is 13.1. The summed E-state index contributed by atoms with van der Waals surface area (Å²) in [5.41, 5.74) is -1.83. The van der Waals surface area contributed by atoms with Gasteiger partial charge in [-0.15, -0.1) is 0 Å². The highest BCUT2D eigenvalue weighted by atomic mass is 16.5. The Morgan fingerprint density at radius 3 is 2.06 bits per heavy atom. The van der Waals surface area contributed by atoms with E-state index in [2.05, 4.69) is 41.5 Å². The molecule has 0 spiro atoms. The van der Waals surface area contributed by atoms with Gasteiger partial charge in [-0.3, -0.25) is 0 Å².